The first kappa shape index (κ1) is 13.3. The van der Waals surface area contributed by atoms with Crippen LogP contribution in [0.2, 0.25) is 0 Å². The Balaban J connectivity index is 0.00000169. The average Bonchev–Trinajstić information content (AvgIpc) is 2.47. The zero-order chi connectivity index (χ0) is 9.84. The predicted octanol–water partition coefficient (Wildman–Crippen LogP) is 1.76. The van der Waals surface area contributed by atoms with Crippen LogP contribution in [-0.4, -0.2) is 22.8 Å². The van der Waals surface area contributed by atoms with Crippen LogP contribution in [0.5, 0.6) is 0 Å². The minimum Gasteiger partial charge on any atom is -0.305 e. The lowest BCUT2D eigenvalue weighted by Crippen LogP contribution is -2.24. The second kappa shape index (κ2) is 5.93. The van der Waals surface area contributed by atoms with Crippen molar-refractivity contribution in [3.05, 3.63) is 18.0 Å². The van der Waals surface area contributed by atoms with Crippen LogP contribution >= 0.6 is 12.4 Å². The van der Waals surface area contributed by atoms with E-state index >= 15 is 0 Å². The summed E-state index contributed by atoms with van der Waals surface area (Å²) in [6.45, 7) is 1.55. The van der Waals surface area contributed by atoms with Gasteiger partial charge < -0.3 is 5.32 Å². The summed E-state index contributed by atoms with van der Waals surface area (Å²) in [4.78, 5) is 0. The summed E-state index contributed by atoms with van der Waals surface area (Å²) >= 11 is 0. The number of nitrogens with one attached hydrogen (secondary N) is 1. The number of aryl methyl sites for hydroxylation is 1. The molecule has 0 bridgehead atoms. The van der Waals surface area contributed by atoms with Gasteiger partial charge >= 0.3 is 0 Å². The van der Waals surface area contributed by atoms with Crippen LogP contribution in [-0.2, 0) is 7.05 Å². The maximum Gasteiger partial charge on any atom is 0.250 e. The average molecular weight is 226 g/mol. The lowest BCUT2D eigenvalue weighted by atomic mass is 10.2. The third-order valence-electron chi connectivity index (χ3n) is 1.80. The molecule has 1 rings (SSSR count). The molecule has 1 aromatic heterocycles. The topological polar surface area (TPSA) is 29.9 Å². The minimum atomic E-state index is -2.31. The van der Waals surface area contributed by atoms with Crippen molar-refractivity contribution in [3.8, 4) is 0 Å². The van der Waals surface area contributed by atoms with Crippen molar-refractivity contribution in [1.82, 2.24) is 15.1 Å². The highest BCUT2D eigenvalue weighted by atomic mass is 35.5. The summed E-state index contributed by atoms with van der Waals surface area (Å²) in [6.07, 6.45) is 1.17. The maximum atomic E-state index is 11.8. The summed E-state index contributed by atoms with van der Waals surface area (Å²) in [6, 6.07) is -0.0808. The van der Waals surface area contributed by atoms with Gasteiger partial charge in [-0.25, -0.2) is 8.78 Å². The molecule has 1 N–H and O–H groups in total. The predicted molar refractivity (Wildman–Crippen MR) is 52.9 cm³/mol. The van der Waals surface area contributed by atoms with Gasteiger partial charge in [-0.1, -0.05) is 0 Å². The molecule has 1 aromatic rings. The molecule has 82 valence electrons. The first-order valence-electron chi connectivity index (χ1n) is 4.09. The van der Waals surface area contributed by atoms with Crippen molar-refractivity contribution >= 4 is 12.4 Å². The van der Waals surface area contributed by atoms with Crippen LogP contribution < -0.4 is 5.32 Å². The molecule has 0 aliphatic heterocycles. The Hall–Kier alpha value is -0.680. The SMILES string of the molecule is CC(NCC(F)F)c1cnn(C)c1.Cl. The van der Waals surface area contributed by atoms with Crippen LogP contribution in [0.1, 0.15) is 18.5 Å². The summed E-state index contributed by atoms with van der Waals surface area (Å²) < 4.78 is 25.3. The number of alkyl halides is 2. The van der Waals surface area contributed by atoms with Gasteiger partial charge in [-0.05, 0) is 6.92 Å². The summed E-state index contributed by atoms with van der Waals surface area (Å²) in [5.74, 6) is 0. The third kappa shape index (κ3) is 4.02. The number of nitrogens with zero attached hydrogens (tertiary/aromatic N) is 2. The summed E-state index contributed by atoms with van der Waals surface area (Å²) in [5.41, 5.74) is 0.920. The van der Waals surface area contributed by atoms with Gasteiger partial charge in [0.1, 0.15) is 0 Å². The molecule has 0 radical (unpaired) electrons. The number of halogens is 3. The first-order valence-corrected chi connectivity index (χ1v) is 4.09. The fourth-order valence-electron chi connectivity index (χ4n) is 1.05. The molecule has 1 heterocycles. The van der Waals surface area contributed by atoms with Gasteiger partial charge in [0, 0.05) is 24.8 Å². The van der Waals surface area contributed by atoms with E-state index in [4.69, 9.17) is 0 Å². The highest BCUT2D eigenvalue weighted by molar-refractivity contribution is 5.85. The first-order chi connectivity index (χ1) is 6.09. The van der Waals surface area contributed by atoms with Crippen molar-refractivity contribution in [2.75, 3.05) is 6.54 Å². The number of rotatable bonds is 4. The molecular formula is C8H14ClF2N3. The molecule has 3 nitrogen and oxygen atoms in total. The van der Waals surface area contributed by atoms with Crippen LogP contribution in [0.15, 0.2) is 12.4 Å². The zero-order valence-electron chi connectivity index (χ0n) is 8.08. The van der Waals surface area contributed by atoms with Crippen molar-refractivity contribution in [1.29, 1.82) is 0 Å². The lowest BCUT2D eigenvalue weighted by Gasteiger charge is -2.10. The molecule has 0 amide bonds. The normalized spacial score (nSPS) is 12.6. The van der Waals surface area contributed by atoms with E-state index in [1.807, 2.05) is 13.1 Å². The van der Waals surface area contributed by atoms with Gasteiger partial charge in [-0.2, -0.15) is 5.10 Å². The van der Waals surface area contributed by atoms with Crippen LogP contribution in [0, 0.1) is 0 Å². The second-order valence-electron chi connectivity index (χ2n) is 2.97. The maximum absolute atomic E-state index is 11.8. The molecule has 1 atom stereocenters. The van der Waals surface area contributed by atoms with E-state index in [0.717, 1.165) is 5.56 Å². The molecule has 6 heteroatoms. The fraction of sp³-hybridized carbons (Fsp3) is 0.625. The molecular weight excluding hydrogens is 212 g/mol. The Morgan fingerprint density at radius 2 is 2.21 bits per heavy atom. The standard InChI is InChI=1S/C8H13F2N3.ClH/c1-6(11-4-8(9)10)7-3-12-13(2)5-7;/h3,5-6,8,11H,4H2,1-2H3;1H. The van der Waals surface area contributed by atoms with E-state index in [1.165, 1.54) is 0 Å². The van der Waals surface area contributed by atoms with Gasteiger partial charge in [0.25, 0.3) is 6.43 Å². The zero-order valence-corrected chi connectivity index (χ0v) is 8.89. The molecule has 0 aliphatic rings. The van der Waals surface area contributed by atoms with Crippen molar-refractivity contribution < 1.29 is 8.78 Å². The number of hydrogen-bond donors (Lipinski definition) is 1. The van der Waals surface area contributed by atoms with Gasteiger partial charge in [0.2, 0.25) is 0 Å². The molecule has 0 fully saturated rings. The Bertz CT molecular complexity index is 265. The largest absolute Gasteiger partial charge is 0.305 e. The van der Waals surface area contributed by atoms with Gasteiger partial charge in [-0.3, -0.25) is 4.68 Å². The van der Waals surface area contributed by atoms with Crippen LogP contribution in [0.4, 0.5) is 8.78 Å². The fourth-order valence-corrected chi connectivity index (χ4v) is 1.05. The third-order valence-corrected chi connectivity index (χ3v) is 1.80. The number of aromatic nitrogens is 2. The molecule has 0 aromatic carbocycles. The Morgan fingerprint density at radius 1 is 1.57 bits per heavy atom. The highest BCUT2D eigenvalue weighted by Gasteiger charge is 2.09. The quantitative estimate of drug-likeness (QED) is 0.846. The van der Waals surface area contributed by atoms with Crippen molar-refractivity contribution in [2.45, 2.75) is 19.4 Å². The Morgan fingerprint density at radius 3 is 2.64 bits per heavy atom. The van der Waals surface area contributed by atoms with Gasteiger partial charge in [0.05, 0.1) is 12.7 Å². The van der Waals surface area contributed by atoms with E-state index in [1.54, 1.807) is 17.9 Å². The van der Waals surface area contributed by atoms with E-state index in [9.17, 15) is 8.78 Å². The molecule has 0 spiro atoms. The summed E-state index contributed by atoms with van der Waals surface area (Å²) in [7, 11) is 1.79. The minimum absolute atomic E-state index is 0. The van der Waals surface area contributed by atoms with E-state index in [-0.39, 0.29) is 25.0 Å². The highest BCUT2D eigenvalue weighted by Crippen LogP contribution is 2.10. The van der Waals surface area contributed by atoms with E-state index in [2.05, 4.69) is 10.4 Å². The second-order valence-corrected chi connectivity index (χ2v) is 2.97. The molecule has 14 heavy (non-hydrogen) atoms. The smallest absolute Gasteiger partial charge is 0.250 e. The van der Waals surface area contributed by atoms with Crippen LogP contribution in [0.3, 0.4) is 0 Å². The van der Waals surface area contributed by atoms with Gasteiger partial charge in [-0.15, -0.1) is 12.4 Å². The molecule has 0 aliphatic carbocycles. The van der Waals surface area contributed by atoms with E-state index < -0.39 is 6.43 Å². The summed E-state index contributed by atoms with van der Waals surface area (Å²) in [5, 5.41) is 6.66. The Kier molecular flexibility index (Phi) is 5.64. The Labute approximate surface area is 87.9 Å². The lowest BCUT2D eigenvalue weighted by molar-refractivity contribution is 0.142. The number of hydrogen-bond acceptors (Lipinski definition) is 2. The molecule has 1 unspecified atom stereocenters. The molecule has 0 saturated heterocycles. The van der Waals surface area contributed by atoms with E-state index in [0.29, 0.717) is 0 Å². The van der Waals surface area contributed by atoms with Gasteiger partial charge in [0.15, 0.2) is 0 Å². The monoisotopic (exact) mass is 225 g/mol. The van der Waals surface area contributed by atoms with Crippen LogP contribution in [0.25, 0.3) is 0 Å². The molecule has 0 saturated carbocycles. The van der Waals surface area contributed by atoms with Crippen molar-refractivity contribution in [2.24, 2.45) is 7.05 Å². The van der Waals surface area contributed by atoms with Crippen molar-refractivity contribution in [3.63, 3.8) is 0 Å².